The van der Waals surface area contributed by atoms with Crippen LogP contribution in [0.1, 0.15) is 40.5 Å². The number of rotatable bonds is 4. The van der Waals surface area contributed by atoms with Gasteiger partial charge in [0.2, 0.25) is 0 Å². The first-order valence-electron chi connectivity index (χ1n) is 5.80. The second-order valence-electron chi connectivity index (χ2n) is 6.09. The fraction of sp³-hybridized carbons (Fsp3) is 0.833. The zero-order valence-corrected chi connectivity index (χ0v) is 10.9. The maximum absolute atomic E-state index is 11.7. The third kappa shape index (κ3) is 3.61. The zero-order valence-electron chi connectivity index (χ0n) is 10.9. The van der Waals surface area contributed by atoms with Crippen LogP contribution in [0.4, 0.5) is 4.79 Å². The molecule has 1 amide bonds. The zero-order chi connectivity index (χ0) is 13.3. The van der Waals surface area contributed by atoms with Crippen molar-refractivity contribution in [2.45, 2.75) is 46.1 Å². The number of nitrogens with zero attached hydrogens (tertiary/aromatic N) is 1. The minimum Gasteiger partial charge on any atom is -0.481 e. The van der Waals surface area contributed by atoms with E-state index in [1.165, 1.54) is 0 Å². The Morgan fingerprint density at radius 3 is 2.59 bits per heavy atom. The van der Waals surface area contributed by atoms with Crippen LogP contribution >= 0.6 is 0 Å². The first kappa shape index (κ1) is 13.8. The van der Waals surface area contributed by atoms with Crippen molar-refractivity contribution in [1.82, 2.24) is 4.90 Å². The Labute approximate surface area is 102 Å². The van der Waals surface area contributed by atoms with Crippen LogP contribution in [0.3, 0.4) is 0 Å². The van der Waals surface area contributed by atoms with Gasteiger partial charge in [0.15, 0.2) is 0 Å². The molecule has 1 saturated heterocycles. The van der Waals surface area contributed by atoms with E-state index in [2.05, 4.69) is 0 Å². The van der Waals surface area contributed by atoms with Crippen molar-refractivity contribution in [3.05, 3.63) is 0 Å². The largest absolute Gasteiger partial charge is 0.481 e. The number of hydrogen-bond donors (Lipinski definition) is 1. The van der Waals surface area contributed by atoms with E-state index in [0.717, 1.165) is 0 Å². The highest BCUT2D eigenvalue weighted by Gasteiger charge is 2.44. The molecule has 1 atom stereocenters. The van der Waals surface area contributed by atoms with Crippen molar-refractivity contribution in [1.29, 1.82) is 0 Å². The summed E-state index contributed by atoms with van der Waals surface area (Å²) in [5.41, 5.74) is -0.531. The lowest BCUT2D eigenvalue weighted by molar-refractivity contribution is -0.137. The molecule has 0 aromatic carbocycles. The normalized spacial score (nSPS) is 24.9. The summed E-state index contributed by atoms with van der Waals surface area (Å²) >= 11 is 0. The molecule has 0 spiro atoms. The average Bonchev–Trinajstić information content (AvgIpc) is 2.42. The maximum Gasteiger partial charge on any atom is 0.410 e. The number of carboxylic acid groups (broad SMARTS) is 1. The molecule has 0 saturated carbocycles. The Morgan fingerprint density at radius 1 is 1.53 bits per heavy atom. The van der Waals surface area contributed by atoms with Crippen LogP contribution in [0, 0.1) is 5.41 Å². The van der Waals surface area contributed by atoms with Gasteiger partial charge in [-0.1, -0.05) is 20.8 Å². The number of amides is 1. The summed E-state index contributed by atoms with van der Waals surface area (Å²) in [7, 11) is 0. The summed E-state index contributed by atoms with van der Waals surface area (Å²) in [5, 5.41) is 8.73. The monoisotopic (exact) mass is 243 g/mol. The number of aliphatic carboxylic acids is 1. The lowest BCUT2D eigenvalue weighted by atomic mass is 9.90. The molecule has 1 aliphatic heterocycles. The molecule has 5 heteroatoms. The van der Waals surface area contributed by atoms with Gasteiger partial charge < -0.3 is 9.84 Å². The van der Waals surface area contributed by atoms with E-state index in [4.69, 9.17) is 9.84 Å². The van der Waals surface area contributed by atoms with Gasteiger partial charge in [0.25, 0.3) is 0 Å². The molecule has 0 aliphatic carbocycles. The van der Waals surface area contributed by atoms with Crippen LogP contribution in [-0.4, -0.2) is 40.8 Å². The van der Waals surface area contributed by atoms with Gasteiger partial charge in [0, 0.05) is 13.0 Å². The minimum atomic E-state index is -0.846. The molecular weight excluding hydrogens is 222 g/mol. The standard InChI is InChI=1S/C12H21NO4/c1-11(2,3)7-13-10(16)17-8-12(13,4)6-5-9(14)15/h5-8H2,1-4H3,(H,14,15). The average molecular weight is 243 g/mol. The smallest absolute Gasteiger partial charge is 0.410 e. The number of carbonyl (C=O) groups excluding carboxylic acids is 1. The summed E-state index contributed by atoms with van der Waals surface area (Å²) < 4.78 is 5.05. The highest BCUT2D eigenvalue weighted by molar-refractivity contribution is 5.72. The van der Waals surface area contributed by atoms with Crippen LogP contribution in [0.15, 0.2) is 0 Å². The van der Waals surface area contributed by atoms with Crippen molar-refractivity contribution in [2.24, 2.45) is 5.41 Å². The second-order valence-corrected chi connectivity index (χ2v) is 6.09. The van der Waals surface area contributed by atoms with Gasteiger partial charge in [-0.2, -0.15) is 0 Å². The molecule has 1 N–H and O–H groups in total. The molecule has 1 rings (SSSR count). The molecule has 0 radical (unpaired) electrons. The third-order valence-electron chi connectivity index (χ3n) is 2.89. The van der Waals surface area contributed by atoms with Gasteiger partial charge in [-0.3, -0.25) is 9.69 Å². The Kier molecular flexibility index (Phi) is 3.69. The van der Waals surface area contributed by atoms with Crippen molar-refractivity contribution in [2.75, 3.05) is 13.2 Å². The van der Waals surface area contributed by atoms with E-state index in [0.29, 0.717) is 13.0 Å². The first-order chi connectivity index (χ1) is 7.64. The van der Waals surface area contributed by atoms with E-state index in [1.54, 1.807) is 4.90 Å². The summed E-state index contributed by atoms with van der Waals surface area (Å²) in [6, 6.07) is 0. The van der Waals surface area contributed by atoms with Crippen LogP contribution in [0.25, 0.3) is 0 Å². The maximum atomic E-state index is 11.7. The van der Waals surface area contributed by atoms with E-state index in [-0.39, 0.29) is 24.5 Å². The van der Waals surface area contributed by atoms with Crippen LogP contribution < -0.4 is 0 Å². The molecule has 5 nitrogen and oxygen atoms in total. The van der Waals surface area contributed by atoms with Crippen molar-refractivity contribution >= 4 is 12.1 Å². The minimum absolute atomic E-state index is 0.0339. The molecule has 98 valence electrons. The van der Waals surface area contributed by atoms with Gasteiger partial charge in [0.05, 0.1) is 5.54 Å². The van der Waals surface area contributed by atoms with Gasteiger partial charge in [-0.25, -0.2) is 4.79 Å². The highest BCUT2D eigenvalue weighted by Crippen LogP contribution is 2.32. The Balaban J connectivity index is 2.75. The van der Waals surface area contributed by atoms with E-state index in [1.807, 2.05) is 27.7 Å². The van der Waals surface area contributed by atoms with E-state index >= 15 is 0 Å². The van der Waals surface area contributed by atoms with Crippen LogP contribution in [0.2, 0.25) is 0 Å². The number of carbonyl (C=O) groups is 2. The van der Waals surface area contributed by atoms with Crippen molar-refractivity contribution in [3.8, 4) is 0 Å². The van der Waals surface area contributed by atoms with Crippen LogP contribution in [-0.2, 0) is 9.53 Å². The summed E-state index contributed by atoms with van der Waals surface area (Å²) in [6.07, 6.45) is 0.130. The predicted octanol–water partition coefficient (Wildman–Crippen LogP) is 2.11. The number of carboxylic acids is 1. The lowest BCUT2D eigenvalue weighted by Gasteiger charge is -2.36. The molecular formula is C12H21NO4. The van der Waals surface area contributed by atoms with Gasteiger partial charge in [-0.15, -0.1) is 0 Å². The van der Waals surface area contributed by atoms with Gasteiger partial charge in [-0.05, 0) is 18.8 Å². The van der Waals surface area contributed by atoms with Crippen LogP contribution in [0.5, 0.6) is 0 Å². The van der Waals surface area contributed by atoms with Gasteiger partial charge in [0.1, 0.15) is 6.61 Å². The molecule has 1 aliphatic rings. The highest BCUT2D eigenvalue weighted by atomic mass is 16.6. The molecule has 1 unspecified atom stereocenters. The molecule has 1 heterocycles. The van der Waals surface area contributed by atoms with E-state index < -0.39 is 11.5 Å². The fourth-order valence-corrected chi connectivity index (χ4v) is 1.91. The molecule has 17 heavy (non-hydrogen) atoms. The topological polar surface area (TPSA) is 66.8 Å². The molecule has 1 fully saturated rings. The van der Waals surface area contributed by atoms with Gasteiger partial charge >= 0.3 is 12.1 Å². The SMILES string of the molecule is CC(C)(C)CN1C(=O)OCC1(C)CCC(=O)O. The number of ether oxygens (including phenoxy) is 1. The second kappa shape index (κ2) is 4.55. The van der Waals surface area contributed by atoms with Crippen molar-refractivity contribution in [3.63, 3.8) is 0 Å². The number of hydrogen-bond acceptors (Lipinski definition) is 3. The quantitative estimate of drug-likeness (QED) is 0.821. The Hall–Kier alpha value is -1.26. The fourth-order valence-electron chi connectivity index (χ4n) is 1.91. The molecule has 0 bridgehead atoms. The molecule has 0 aromatic rings. The summed E-state index contributed by atoms with van der Waals surface area (Å²) in [5.74, 6) is -0.846. The summed E-state index contributed by atoms with van der Waals surface area (Å²) in [6.45, 7) is 8.84. The first-order valence-corrected chi connectivity index (χ1v) is 5.80. The summed E-state index contributed by atoms with van der Waals surface area (Å²) in [4.78, 5) is 24.0. The predicted molar refractivity (Wildman–Crippen MR) is 62.8 cm³/mol. The van der Waals surface area contributed by atoms with Crippen molar-refractivity contribution < 1.29 is 19.4 Å². The molecule has 0 aromatic heterocycles. The van der Waals surface area contributed by atoms with E-state index in [9.17, 15) is 9.59 Å². The Bertz CT molecular complexity index is 321. The number of cyclic esters (lactones) is 1. The lowest BCUT2D eigenvalue weighted by Crippen LogP contribution is -2.48. The third-order valence-corrected chi connectivity index (χ3v) is 2.89. The Morgan fingerprint density at radius 2 is 2.12 bits per heavy atom.